The van der Waals surface area contributed by atoms with Crippen LogP contribution in [-0.4, -0.2) is 40.2 Å². The van der Waals surface area contributed by atoms with Crippen LogP contribution in [0.15, 0.2) is 0 Å². The number of amides is 2. The maximum absolute atomic E-state index is 13.1. The van der Waals surface area contributed by atoms with E-state index < -0.39 is 0 Å². The Bertz CT molecular complexity index is 564. The summed E-state index contributed by atoms with van der Waals surface area (Å²) in [4.78, 5) is 27.1. The van der Waals surface area contributed by atoms with Gasteiger partial charge in [0.05, 0.1) is 0 Å². The van der Waals surface area contributed by atoms with Crippen molar-refractivity contribution in [3.05, 3.63) is 0 Å². The summed E-state index contributed by atoms with van der Waals surface area (Å²) < 4.78 is 0.315. The quantitative estimate of drug-likeness (QED) is 0.677. The molecule has 1 saturated heterocycles. The van der Waals surface area contributed by atoms with Crippen LogP contribution in [0.2, 0.25) is 0 Å². The highest BCUT2D eigenvalue weighted by Crippen LogP contribution is 2.65. The Labute approximate surface area is 166 Å². The topological polar surface area (TPSA) is 49.4 Å². The van der Waals surface area contributed by atoms with Gasteiger partial charge in [-0.2, -0.15) is 0 Å². The van der Waals surface area contributed by atoms with Crippen LogP contribution in [0, 0.1) is 17.3 Å². The molecule has 5 aliphatic rings. The van der Waals surface area contributed by atoms with Crippen molar-refractivity contribution in [1.29, 1.82) is 0 Å². The molecule has 1 N–H and O–H groups in total. The molecular formula is C21H33BrN2O2. The molecule has 0 aromatic carbocycles. The summed E-state index contributed by atoms with van der Waals surface area (Å²) in [6.45, 7) is 3.59. The lowest BCUT2D eigenvalue weighted by molar-refractivity contribution is -0.140. The van der Waals surface area contributed by atoms with Crippen molar-refractivity contribution in [1.82, 2.24) is 10.2 Å². The summed E-state index contributed by atoms with van der Waals surface area (Å²) in [6.07, 6.45) is 11.9. The summed E-state index contributed by atoms with van der Waals surface area (Å²) in [7, 11) is 0. The van der Waals surface area contributed by atoms with E-state index in [9.17, 15) is 9.59 Å². The summed E-state index contributed by atoms with van der Waals surface area (Å²) in [5, 5.41) is 3.13. The minimum absolute atomic E-state index is 0.133. The normalized spacial score (nSPS) is 41.3. The third-order valence-corrected chi connectivity index (χ3v) is 8.18. The van der Waals surface area contributed by atoms with Gasteiger partial charge in [0.1, 0.15) is 0 Å². The van der Waals surface area contributed by atoms with E-state index >= 15 is 0 Å². The number of nitrogens with zero attached hydrogens (tertiary/aromatic N) is 1. The molecule has 4 nitrogen and oxygen atoms in total. The first-order chi connectivity index (χ1) is 12.4. The first-order valence-electron chi connectivity index (χ1n) is 10.6. The molecule has 0 radical (unpaired) electrons. The van der Waals surface area contributed by atoms with Crippen molar-refractivity contribution in [2.45, 2.75) is 87.9 Å². The Hall–Kier alpha value is -0.580. The van der Waals surface area contributed by atoms with E-state index in [-0.39, 0.29) is 17.4 Å². The van der Waals surface area contributed by atoms with Gasteiger partial charge in [0.2, 0.25) is 11.8 Å². The highest BCUT2D eigenvalue weighted by molar-refractivity contribution is 9.10. The van der Waals surface area contributed by atoms with E-state index in [1.807, 2.05) is 11.8 Å². The lowest BCUT2D eigenvalue weighted by atomic mass is 9.48. The number of rotatable bonds is 5. The minimum atomic E-state index is 0.133. The van der Waals surface area contributed by atoms with Gasteiger partial charge >= 0.3 is 0 Å². The zero-order chi connectivity index (χ0) is 18.4. The largest absolute Gasteiger partial charge is 0.352 e. The van der Waals surface area contributed by atoms with Gasteiger partial charge in [0.25, 0.3) is 0 Å². The molecule has 2 amide bonds. The van der Waals surface area contributed by atoms with Gasteiger partial charge in [-0.1, -0.05) is 22.9 Å². The minimum Gasteiger partial charge on any atom is -0.352 e. The molecule has 5 fully saturated rings. The summed E-state index contributed by atoms with van der Waals surface area (Å²) in [6, 6.07) is 0.144. The number of likely N-dealkylation sites (tertiary alicyclic amines) is 1. The lowest BCUT2D eigenvalue weighted by Crippen LogP contribution is -2.55. The van der Waals surface area contributed by atoms with Crippen molar-refractivity contribution in [3.8, 4) is 0 Å². The monoisotopic (exact) mass is 424 g/mol. The summed E-state index contributed by atoms with van der Waals surface area (Å²) >= 11 is 4.06. The second-order valence-corrected chi connectivity index (χ2v) is 11.5. The predicted molar refractivity (Wildman–Crippen MR) is 106 cm³/mol. The number of nitrogens with one attached hydrogen (secondary N) is 1. The van der Waals surface area contributed by atoms with Gasteiger partial charge in [-0.3, -0.25) is 9.59 Å². The van der Waals surface area contributed by atoms with Crippen molar-refractivity contribution < 1.29 is 9.59 Å². The Morgan fingerprint density at radius 2 is 1.92 bits per heavy atom. The number of carbonyl (C=O) groups is 2. The van der Waals surface area contributed by atoms with Crippen molar-refractivity contribution >= 4 is 27.7 Å². The fraction of sp³-hybridized carbons (Fsp3) is 0.905. The summed E-state index contributed by atoms with van der Waals surface area (Å²) in [5.41, 5.74) is 0.239. The smallest absolute Gasteiger partial charge is 0.223 e. The van der Waals surface area contributed by atoms with Crippen molar-refractivity contribution in [2.75, 3.05) is 13.1 Å². The first-order valence-corrected chi connectivity index (χ1v) is 11.4. The van der Waals surface area contributed by atoms with E-state index in [1.165, 1.54) is 38.5 Å². The maximum atomic E-state index is 13.1. The molecule has 4 saturated carbocycles. The van der Waals surface area contributed by atoms with Gasteiger partial charge in [-0.25, -0.2) is 0 Å². The Kier molecular flexibility index (Phi) is 5.13. The predicted octanol–water partition coefficient (Wildman–Crippen LogP) is 4.02. The van der Waals surface area contributed by atoms with Crippen LogP contribution in [0.25, 0.3) is 0 Å². The average Bonchev–Trinajstić information content (AvgIpc) is 2.52. The van der Waals surface area contributed by atoms with Gasteiger partial charge in [-0.15, -0.1) is 0 Å². The van der Waals surface area contributed by atoms with Gasteiger partial charge in [-0.05, 0) is 75.0 Å². The number of hydrogen-bond acceptors (Lipinski definition) is 2. The van der Waals surface area contributed by atoms with Gasteiger partial charge in [0, 0.05) is 36.3 Å². The van der Waals surface area contributed by atoms with E-state index in [0.29, 0.717) is 23.2 Å². The molecule has 5 rings (SSSR count). The van der Waals surface area contributed by atoms with Crippen LogP contribution in [0.5, 0.6) is 0 Å². The molecule has 5 heteroatoms. The van der Waals surface area contributed by atoms with Crippen LogP contribution >= 0.6 is 15.9 Å². The molecule has 4 bridgehead atoms. The van der Waals surface area contributed by atoms with E-state index in [0.717, 1.165) is 44.1 Å². The second kappa shape index (κ2) is 7.10. The van der Waals surface area contributed by atoms with Crippen LogP contribution in [0.3, 0.4) is 0 Å². The highest BCUT2D eigenvalue weighted by atomic mass is 79.9. The number of halogens is 1. The number of carbonyl (C=O) groups excluding carboxylic acids is 2. The van der Waals surface area contributed by atoms with E-state index in [4.69, 9.17) is 0 Å². The Balaban J connectivity index is 1.37. The number of hydrogen-bond donors (Lipinski definition) is 1. The Morgan fingerprint density at radius 3 is 2.58 bits per heavy atom. The molecule has 0 aromatic rings. The first kappa shape index (κ1) is 18.8. The van der Waals surface area contributed by atoms with Crippen LogP contribution in [0.1, 0.15) is 77.6 Å². The fourth-order valence-electron chi connectivity index (χ4n) is 6.82. The molecule has 0 aromatic heterocycles. The third kappa shape index (κ3) is 3.83. The summed E-state index contributed by atoms with van der Waals surface area (Å²) in [5.74, 6) is 2.11. The van der Waals surface area contributed by atoms with Gasteiger partial charge < -0.3 is 10.2 Å². The zero-order valence-electron chi connectivity index (χ0n) is 16.1. The molecule has 3 atom stereocenters. The number of alkyl halides is 1. The average molecular weight is 425 g/mol. The van der Waals surface area contributed by atoms with E-state index in [2.05, 4.69) is 21.2 Å². The molecule has 26 heavy (non-hydrogen) atoms. The Morgan fingerprint density at radius 1 is 1.19 bits per heavy atom. The number of piperidine rings is 1. The van der Waals surface area contributed by atoms with Crippen LogP contribution < -0.4 is 5.32 Å². The standard InChI is InChI=1S/C21H33BrN2O2/c1-2-4-18(25)23-17-5-3-6-24(13-17)19(26)12-20-8-15-7-16(9-20)11-21(22,10-15)14-20/h15-17H,2-14H2,1H3,(H,23,25). The molecule has 1 aliphatic heterocycles. The molecule has 3 unspecified atom stereocenters. The molecule has 0 spiro atoms. The SMILES string of the molecule is CCCC(=O)NC1CCCN(C(=O)CC23CC4CC(CC(Br)(C4)C2)C3)C1. The highest BCUT2D eigenvalue weighted by Gasteiger charge is 2.57. The van der Waals surface area contributed by atoms with Crippen molar-refractivity contribution in [3.63, 3.8) is 0 Å². The fourth-order valence-corrected chi connectivity index (χ4v) is 8.33. The van der Waals surface area contributed by atoms with Gasteiger partial charge in [0.15, 0.2) is 0 Å². The third-order valence-electron chi connectivity index (χ3n) is 7.25. The second-order valence-electron chi connectivity index (χ2n) is 9.79. The van der Waals surface area contributed by atoms with Crippen molar-refractivity contribution in [2.24, 2.45) is 17.3 Å². The molecule has 146 valence electrons. The molecule has 4 aliphatic carbocycles. The molecular weight excluding hydrogens is 392 g/mol. The molecule has 1 heterocycles. The lowest BCUT2D eigenvalue weighted by Gasteiger charge is -2.60. The van der Waals surface area contributed by atoms with E-state index in [1.54, 1.807) is 0 Å². The maximum Gasteiger partial charge on any atom is 0.223 e. The van der Waals surface area contributed by atoms with Crippen LogP contribution in [0.4, 0.5) is 0 Å². The van der Waals surface area contributed by atoms with Crippen LogP contribution in [-0.2, 0) is 9.59 Å². The zero-order valence-corrected chi connectivity index (χ0v) is 17.7.